The fraction of sp³-hybridized carbons (Fsp3) is 0.647. The number of methoxy groups -OCH3 is 1. The van der Waals surface area contributed by atoms with E-state index in [1.165, 1.54) is 19.3 Å². The molecule has 1 unspecified atom stereocenters. The van der Waals surface area contributed by atoms with Crippen LogP contribution >= 0.6 is 0 Å². The number of hydrogen-bond acceptors (Lipinski definition) is 3. The van der Waals surface area contributed by atoms with E-state index in [1.54, 1.807) is 7.11 Å². The van der Waals surface area contributed by atoms with Gasteiger partial charge in [0.25, 0.3) is 0 Å². The third-order valence-electron chi connectivity index (χ3n) is 4.20. The number of ether oxygens (including phenoxy) is 2. The molecule has 2 N–H and O–H groups in total. The van der Waals surface area contributed by atoms with E-state index < -0.39 is 0 Å². The predicted molar refractivity (Wildman–Crippen MR) is 84.4 cm³/mol. The van der Waals surface area contributed by atoms with Gasteiger partial charge in [-0.2, -0.15) is 0 Å². The second-order valence-electron chi connectivity index (χ2n) is 5.44. The summed E-state index contributed by atoms with van der Waals surface area (Å²) < 4.78 is 11.0. The summed E-state index contributed by atoms with van der Waals surface area (Å²) >= 11 is 0. The topological polar surface area (TPSA) is 44.5 Å². The Kier molecular flexibility index (Phi) is 7.45. The lowest BCUT2D eigenvalue weighted by Gasteiger charge is -2.31. The number of nitrogens with two attached hydrogens (primary N) is 1. The van der Waals surface area contributed by atoms with Gasteiger partial charge in [0.1, 0.15) is 11.5 Å². The van der Waals surface area contributed by atoms with Gasteiger partial charge < -0.3 is 15.2 Å². The highest BCUT2D eigenvalue weighted by Crippen LogP contribution is 2.32. The van der Waals surface area contributed by atoms with Crippen molar-refractivity contribution in [3.05, 3.63) is 24.3 Å². The first kappa shape index (κ1) is 16.8. The second-order valence-corrected chi connectivity index (χ2v) is 5.44. The first-order chi connectivity index (χ1) is 9.69. The van der Waals surface area contributed by atoms with Crippen molar-refractivity contribution in [1.82, 2.24) is 0 Å². The lowest BCUT2D eigenvalue weighted by atomic mass is 9.77. The summed E-state index contributed by atoms with van der Waals surface area (Å²) in [6.07, 6.45) is 5.80. The maximum absolute atomic E-state index is 6.00. The van der Waals surface area contributed by atoms with Crippen molar-refractivity contribution < 1.29 is 9.47 Å². The molecule has 0 amide bonds. The molecule has 0 heterocycles. The summed E-state index contributed by atoms with van der Waals surface area (Å²) in [5.41, 5.74) is 6.24. The molecule has 114 valence electrons. The minimum absolute atomic E-state index is 0.239. The lowest BCUT2D eigenvalue weighted by molar-refractivity contribution is 0.177. The Bertz CT molecular complexity index is 358. The van der Waals surface area contributed by atoms with Gasteiger partial charge in [0.05, 0.1) is 13.7 Å². The number of benzene rings is 1. The van der Waals surface area contributed by atoms with Crippen LogP contribution in [-0.2, 0) is 0 Å². The Morgan fingerprint density at radius 3 is 2.20 bits per heavy atom. The standard InChI is InChI=1S/C17H29NO2/c1-4-6-11-17(5-2,14-18)12-13-20-16-9-7-15(19-3)8-10-16/h7-10H,4-6,11-14,18H2,1-3H3. The molecule has 3 nitrogen and oxygen atoms in total. The quantitative estimate of drug-likeness (QED) is 0.704. The molecule has 0 bridgehead atoms. The van der Waals surface area contributed by atoms with Gasteiger partial charge in [-0.25, -0.2) is 0 Å². The van der Waals surface area contributed by atoms with Crippen LogP contribution in [0, 0.1) is 5.41 Å². The highest BCUT2D eigenvalue weighted by atomic mass is 16.5. The Balaban J connectivity index is 2.46. The number of hydrogen-bond donors (Lipinski definition) is 1. The predicted octanol–water partition coefficient (Wildman–Crippen LogP) is 4.01. The molecule has 0 aliphatic heterocycles. The van der Waals surface area contributed by atoms with E-state index in [9.17, 15) is 0 Å². The van der Waals surface area contributed by atoms with Crippen molar-refractivity contribution in [1.29, 1.82) is 0 Å². The van der Waals surface area contributed by atoms with Crippen LogP contribution < -0.4 is 15.2 Å². The molecule has 0 aliphatic rings. The Morgan fingerprint density at radius 1 is 1.05 bits per heavy atom. The summed E-state index contributed by atoms with van der Waals surface area (Å²) in [7, 11) is 1.67. The van der Waals surface area contributed by atoms with Crippen LogP contribution in [0.15, 0.2) is 24.3 Å². The zero-order chi connectivity index (χ0) is 14.8. The summed E-state index contributed by atoms with van der Waals surface area (Å²) in [4.78, 5) is 0. The van der Waals surface area contributed by atoms with Gasteiger partial charge >= 0.3 is 0 Å². The molecule has 1 aromatic carbocycles. The zero-order valence-electron chi connectivity index (χ0n) is 13.2. The SMILES string of the molecule is CCCCC(CC)(CN)CCOc1ccc(OC)cc1. The highest BCUT2D eigenvalue weighted by Gasteiger charge is 2.25. The van der Waals surface area contributed by atoms with Crippen LogP contribution in [0.4, 0.5) is 0 Å². The molecular weight excluding hydrogens is 250 g/mol. The molecule has 20 heavy (non-hydrogen) atoms. The summed E-state index contributed by atoms with van der Waals surface area (Å²) in [6.45, 7) is 5.93. The van der Waals surface area contributed by atoms with E-state index in [-0.39, 0.29) is 5.41 Å². The number of rotatable bonds is 10. The largest absolute Gasteiger partial charge is 0.497 e. The van der Waals surface area contributed by atoms with Gasteiger partial charge in [-0.1, -0.05) is 26.7 Å². The first-order valence-corrected chi connectivity index (χ1v) is 7.66. The van der Waals surface area contributed by atoms with Crippen molar-refractivity contribution >= 4 is 0 Å². The fourth-order valence-corrected chi connectivity index (χ4v) is 2.44. The molecule has 0 fully saturated rings. The van der Waals surface area contributed by atoms with E-state index in [2.05, 4.69) is 13.8 Å². The smallest absolute Gasteiger partial charge is 0.119 e. The molecule has 1 atom stereocenters. The van der Waals surface area contributed by atoms with Gasteiger partial charge in [-0.3, -0.25) is 0 Å². The van der Waals surface area contributed by atoms with Crippen molar-refractivity contribution in [2.45, 2.75) is 46.0 Å². The third-order valence-corrected chi connectivity index (χ3v) is 4.20. The van der Waals surface area contributed by atoms with Crippen LogP contribution in [0.3, 0.4) is 0 Å². The van der Waals surface area contributed by atoms with Gasteiger partial charge in [-0.05, 0) is 55.5 Å². The fourth-order valence-electron chi connectivity index (χ4n) is 2.44. The molecule has 0 saturated carbocycles. The maximum atomic E-state index is 6.00. The molecule has 0 radical (unpaired) electrons. The molecule has 0 saturated heterocycles. The van der Waals surface area contributed by atoms with Crippen LogP contribution in [-0.4, -0.2) is 20.3 Å². The van der Waals surface area contributed by atoms with E-state index >= 15 is 0 Å². The number of unbranched alkanes of at least 4 members (excludes halogenated alkanes) is 1. The first-order valence-electron chi connectivity index (χ1n) is 7.66. The van der Waals surface area contributed by atoms with Gasteiger partial charge in [-0.15, -0.1) is 0 Å². The second kappa shape index (κ2) is 8.85. The van der Waals surface area contributed by atoms with E-state index in [0.29, 0.717) is 0 Å². The van der Waals surface area contributed by atoms with Crippen molar-refractivity contribution in [2.24, 2.45) is 11.1 Å². The van der Waals surface area contributed by atoms with E-state index in [1.807, 2.05) is 24.3 Å². The van der Waals surface area contributed by atoms with Crippen LogP contribution in [0.5, 0.6) is 11.5 Å². The Labute approximate surface area is 123 Å². The Hall–Kier alpha value is -1.22. The molecule has 0 spiro atoms. The summed E-state index contributed by atoms with van der Waals surface area (Å²) in [5, 5.41) is 0. The van der Waals surface area contributed by atoms with Crippen molar-refractivity contribution in [3.8, 4) is 11.5 Å². The minimum atomic E-state index is 0.239. The van der Waals surface area contributed by atoms with E-state index in [4.69, 9.17) is 15.2 Å². The third kappa shape index (κ3) is 5.04. The molecule has 0 aliphatic carbocycles. The monoisotopic (exact) mass is 279 g/mol. The average Bonchev–Trinajstić information content (AvgIpc) is 2.51. The lowest BCUT2D eigenvalue weighted by Crippen LogP contribution is -2.31. The molecule has 1 rings (SSSR count). The van der Waals surface area contributed by atoms with Crippen LogP contribution in [0.1, 0.15) is 46.0 Å². The van der Waals surface area contributed by atoms with Crippen molar-refractivity contribution in [2.75, 3.05) is 20.3 Å². The normalized spacial score (nSPS) is 13.8. The minimum Gasteiger partial charge on any atom is -0.497 e. The van der Waals surface area contributed by atoms with Gasteiger partial charge in [0.15, 0.2) is 0 Å². The van der Waals surface area contributed by atoms with Crippen LogP contribution in [0.25, 0.3) is 0 Å². The van der Waals surface area contributed by atoms with Gasteiger partial charge in [0.2, 0.25) is 0 Å². The molecule has 3 heteroatoms. The van der Waals surface area contributed by atoms with Crippen molar-refractivity contribution in [3.63, 3.8) is 0 Å². The Morgan fingerprint density at radius 2 is 1.70 bits per heavy atom. The van der Waals surface area contributed by atoms with E-state index in [0.717, 1.165) is 37.5 Å². The maximum Gasteiger partial charge on any atom is 0.119 e. The summed E-state index contributed by atoms with van der Waals surface area (Å²) in [5.74, 6) is 1.74. The molecule has 1 aromatic rings. The highest BCUT2D eigenvalue weighted by molar-refractivity contribution is 5.31. The zero-order valence-corrected chi connectivity index (χ0v) is 13.2. The average molecular weight is 279 g/mol. The molecule has 0 aromatic heterocycles. The summed E-state index contributed by atoms with van der Waals surface area (Å²) in [6, 6.07) is 7.73. The van der Waals surface area contributed by atoms with Gasteiger partial charge in [0, 0.05) is 0 Å². The van der Waals surface area contributed by atoms with Crippen LogP contribution in [0.2, 0.25) is 0 Å². The molecular formula is C17H29NO2.